The number of benzene rings is 1. The third kappa shape index (κ3) is 4.81. The maximum absolute atomic E-state index is 12.9. The van der Waals surface area contributed by atoms with E-state index in [-0.39, 0.29) is 41.5 Å². The molecule has 1 aromatic rings. The van der Waals surface area contributed by atoms with E-state index in [2.05, 4.69) is 5.32 Å². The van der Waals surface area contributed by atoms with Gasteiger partial charge in [0, 0.05) is 44.3 Å². The minimum Gasteiger partial charge on any atom is -0.373 e. The predicted molar refractivity (Wildman–Crippen MR) is 106 cm³/mol. The number of hydrogen-bond donors (Lipinski definition) is 1. The third-order valence-corrected chi connectivity index (χ3v) is 6.73. The lowest BCUT2D eigenvalue weighted by Gasteiger charge is -2.34. The van der Waals surface area contributed by atoms with Gasteiger partial charge in [0.25, 0.3) is 5.91 Å². The smallest absolute Gasteiger partial charge is 0.254 e. The van der Waals surface area contributed by atoms with Crippen molar-refractivity contribution < 1.29 is 17.9 Å². The molecule has 9 heteroatoms. The van der Waals surface area contributed by atoms with Crippen LogP contribution in [0.25, 0.3) is 0 Å². The second-order valence-electron chi connectivity index (χ2n) is 7.16. The van der Waals surface area contributed by atoms with Crippen LogP contribution in [0.1, 0.15) is 31.1 Å². The molecule has 3 atom stereocenters. The maximum atomic E-state index is 12.9. The molecule has 0 radical (unpaired) electrons. The highest BCUT2D eigenvalue weighted by atomic mass is 35.5. The lowest BCUT2D eigenvalue weighted by Crippen LogP contribution is -2.52. The van der Waals surface area contributed by atoms with Crippen molar-refractivity contribution in [3.63, 3.8) is 0 Å². The highest BCUT2D eigenvalue weighted by Gasteiger charge is 2.32. The molecule has 2 saturated heterocycles. The topological polar surface area (TPSA) is 79.0 Å². The summed E-state index contributed by atoms with van der Waals surface area (Å²) in [6, 6.07) is 6.39. The lowest BCUT2D eigenvalue weighted by molar-refractivity contribution is -0.0440. The number of ether oxygens (including phenoxy) is 1. The van der Waals surface area contributed by atoms with Crippen molar-refractivity contribution in [3.8, 4) is 0 Å². The van der Waals surface area contributed by atoms with Crippen LogP contribution in [0.15, 0.2) is 29.2 Å². The normalized spacial score (nSPS) is 27.1. The summed E-state index contributed by atoms with van der Waals surface area (Å²) in [7, 11) is -3.59. The molecule has 2 unspecified atom stereocenters. The van der Waals surface area contributed by atoms with Crippen LogP contribution in [0.5, 0.6) is 0 Å². The molecule has 2 heterocycles. The van der Waals surface area contributed by atoms with E-state index in [1.54, 1.807) is 12.1 Å². The van der Waals surface area contributed by atoms with E-state index >= 15 is 0 Å². The molecule has 0 aliphatic carbocycles. The van der Waals surface area contributed by atoms with E-state index in [9.17, 15) is 13.2 Å². The standard InChI is InChI=1S/C18H27N3O4S.ClH/c1-13-10-19-8-9-21(13)18(22)16-4-6-17(7-5-16)26(23,24)20-11-14(2)25-15(3)12-20;/h4-7,13-15,19H,8-12H2,1-3H3;1H/t13-,14?,15?;/m1./s1. The summed E-state index contributed by atoms with van der Waals surface area (Å²) < 4.78 is 32.8. The summed E-state index contributed by atoms with van der Waals surface area (Å²) >= 11 is 0. The van der Waals surface area contributed by atoms with Crippen LogP contribution in [0.2, 0.25) is 0 Å². The molecular weight excluding hydrogens is 390 g/mol. The third-order valence-electron chi connectivity index (χ3n) is 4.89. The Morgan fingerprint density at radius 2 is 1.70 bits per heavy atom. The molecule has 0 saturated carbocycles. The average molecular weight is 418 g/mol. The first-order valence-corrected chi connectivity index (χ1v) is 10.5. The molecule has 2 aliphatic heterocycles. The summed E-state index contributed by atoms with van der Waals surface area (Å²) in [5.74, 6) is -0.0587. The van der Waals surface area contributed by atoms with Gasteiger partial charge in [-0.1, -0.05) is 0 Å². The fourth-order valence-electron chi connectivity index (χ4n) is 3.55. The average Bonchev–Trinajstić information content (AvgIpc) is 2.61. The van der Waals surface area contributed by atoms with Gasteiger partial charge in [-0.3, -0.25) is 4.79 Å². The molecule has 0 bridgehead atoms. The molecular formula is C18H28ClN3O4S. The first kappa shape index (κ1) is 22.1. The minimum absolute atomic E-state index is 0. The molecule has 7 nitrogen and oxygen atoms in total. The van der Waals surface area contributed by atoms with Gasteiger partial charge in [0.15, 0.2) is 0 Å². The Morgan fingerprint density at radius 3 is 2.26 bits per heavy atom. The number of nitrogens with one attached hydrogen (secondary N) is 1. The van der Waals surface area contributed by atoms with Gasteiger partial charge < -0.3 is 15.0 Å². The summed E-state index contributed by atoms with van der Waals surface area (Å²) in [5.41, 5.74) is 0.515. The highest BCUT2D eigenvalue weighted by molar-refractivity contribution is 7.89. The number of sulfonamides is 1. The molecule has 152 valence electrons. The Morgan fingerprint density at radius 1 is 1.11 bits per heavy atom. The van der Waals surface area contributed by atoms with Gasteiger partial charge in [-0.25, -0.2) is 8.42 Å². The van der Waals surface area contributed by atoms with Gasteiger partial charge >= 0.3 is 0 Å². The van der Waals surface area contributed by atoms with Crippen molar-refractivity contribution >= 4 is 28.3 Å². The SMILES string of the molecule is CC1CN(S(=O)(=O)c2ccc(C(=O)N3CCNC[C@H]3C)cc2)CC(C)O1.Cl. The van der Waals surface area contributed by atoms with Gasteiger partial charge in [-0.2, -0.15) is 4.31 Å². The van der Waals surface area contributed by atoms with Crippen LogP contribution in [-0.4, -0.2) is 74.5 Å². The van der Waals surface area contributed by atoms with E-state index in [1.807, 2.05) is 25.7 Å². The molecule has 0 spiro atoms. The van der Waals surface area contributed by atoms with Gasteiger partial charge in [0.2, 0.25) is 10.0 Å². The van der Waals surface area contributed by atoms with Gasteiger partial charge in [0.1, 0.15) is 0 Å². The maximum Gasteiger partial charge on any atom is 0.254 e. The number of carbonyl (C=O) groups is 1. The molecule has 2 fully saturated rings. The quantitative estimate of drug-likeness (QED) is 0.802. The van der Waals surface area contributed by atoms with Gasteiger partial charge in [0.05, 0.1) is 17.1 Å². The van der Waals surface area contributed by atoms with Crippen LogP contribution in [0, 0.1) is 0 Å². The first-order chi connectivity index (χ1) is 12.3. The van der Waals surface area contributed by atoms with Crippen LogP contribution >= 0.6 is 12.4 Å². The van der Waals surface area contributed by atoms with Crippen LogP contribution in [0.4, 0.5) is 0 Å². The molecule has 0 aromatic heterocycles. The molecule has 2 aliphatic rings. The number of morpholine rings is 1. The summed E-state index contributed by atoms with van der Waals surface area (Å²) in [6.45, 7) is 8.62. The van der Waals surface area contributed by atoms with E-state index < -0.39 is 10.0 Å². The first-order valence-electron chi connectivity index (χ1n) is 9.06. The zero-order valence-electron chi connectivity index (χ0n) is 15.9. The number of amides is 1. The number of rotatable bonds is 3. The number of nitrogens with zero attached hydrogens (tertiary/aromatic N) is 2. The zero-order valence-corrected chi connectivity index (χ0v) is 17.6. The number of carbonyl (C=O) groups excluding carboxylic acids is 1. The van der Waals surface area contributed by atoms with Crippen molar-refractivity contribution in [1.29, 1.82) is 0 Å². The van der Waals surface area contributed by atoms with Crippen molar-refractivity contribution in [1.82, 2.24) is 14.5 Å². The highest BCUT2D eigenvalue weighted by Crippen LogP contribution is 2.22. The van der Waals surface area contributed by atoms with Crippen LogP contribution < -0.4 is 5.32 Å². The largest absolute Gasteiger partial charge is 0.373 e. The second kappa shape index (κ2) is 8.87. The molecule has 1 aromatic carbocycles. The van der Waals surface area contributed by atoms with E-state index in [4.69, 9.17) is 4.74 Å². The fraction of sp³-hybridized carbons (Fsp3) is 0.611. The monoisotopic (exact) mass is 417 g/mol. The van der Waals surface area contributed by atoms with E-state index in [1.165, 1.54) is 16.4 Å². The Hall–Kier alpha value is -1.19. The summed E-state index contributed by atoms with van der Waals surface area (Å²) in [5, 5.41) is 3.25. The Labute approximate surface area is 167 Å². The molecule has 27 heavy (non-hydrogen) atoms. The number of hydrogen-bond acceptors (Lipinski definition) is 5. The van der Waals surface area contributed by atoms with Crippen LogP contribution in [-0.2, 0) is 14.8 Å². The molecule has 1 amide bonds. The van der Waals surface area contributed by atoms with Gasteiger partial charge in [-0.05, 0) is 45.0 Å². The molecule has 1 N–H and O–H groups in total. The van der Waals surface area contributed by atoms with Crippen molar-refractivity contribution in [2.45, 2.75) is 43.9 Å². The van der Waals surface area contributed by atoms with Gasteiger partial charge in [-0.15, -0.1) is 12.4 Å². The van der Waals surface area contributed by atoms with Crippen molar-refractivity contribution in [2.75, 3.05) is 32.7 Å². The van der Waals surface area contributed by atoms with Crippen molar-refractivity contribution in [3.05, 3.63) is 29.8 Å². The Balaban J connectivity index is 0.00000261. The lowest BCUT2D eigenvalue weighted by atomic mass is 10.1. The second-order valence-corrected chi connectivity index (χ2v) is 9.09. The fourth-order valence-corrected chi connectivity index (χ4v) is 5.14. The van der Waals surface area contributed by atoms with E-state index in [0.717, 1.165) is 13.1 Å². The summed E-state index contributed by atoms with van der Waals surface area (Å²) in [6.07, 6.45) is -0.271. The van der Waals surface area contributed by atoms with E-state index in [0.29, 0.717) is 25.2 Å². The zero-order chi connectivity index (χ0) is 18.9. The van der Waals surface area contributed by atoms with Crippen molar-refractivity contribution in [2.24, 2.45) is 0 Å². The molecule has 3 rings (SSSR count). The minimum atomic E-state index is -3.59. The number of piperazine rings is 1. The Kier molecular flexibility index (Phi) is 7.27. The predicted octanol–water partition coefficient (Wildman–Crippen LogP) is 1.34. The Bertz CT molecular complexity index is 746. The summed E-state index contributed by atoms with van der Waals surface area (Å²) in [4.78, 5) is 14.7. The van der Waals surface area contributed by atoms with Crippen LogP contribution in [0.3, 0.4) is 0 Å². The number of halogens is 1.